The molecule has 0 saturated heterocycles. The summed E-state index contributed by atoms with van der Waals surface area (Å²) in [6.45, 7) is 3.52. The maximum atomic E-state index is 11.3. The van der Waals surface area contributed by atoms with Crippen molar-refractivity contribution in [3.05, 3.63) is 23.8 Å². The molecule has 3 N–H and O–H groups in total. The second-order valence-corrected chi connectivity index (χ2v) is 3.23. The Morgan fingerprint density at radius 3 is 2.64 bits per heavy atom. The molecule has 4 nitrogen and oxygen atoms in total. The van der Waals surface area contributed by atoms with Gasteiger partial charge in [0, 0.05) is 0 Å². The first-order valence-electron chi connectivity index (χ1n) is 4.30. The van der Waals surface area contributed by atoms with Crippen LogP contribution >= 0.6 is 0 Å². The van der Waals surface area contributed by atoms with Crippen LogP contribution in [0.15, 0.2) is 18.2 Å². The molecule has 0 radical (unpaired) electrons. The SMILES string of the molecule is CC(C)OC(=O)c1ccc(N)c(O)c1. The minimum atomic E-state index is -0.463. The van der Waals surface area contributed by atoms with Crippen molar-refractivity contribution in [2.75, 3.05) is 5.73 Å². The van der Waals surface area contributed by atoms with E-state index in [-0.39, 0.29) is 17.5 Å². The van der Waals surface area contributed by atoms with Gasteiger partial charge in [0.1, 0.15) is 5.75 Å². The Morgan fingerprint density at radius 2 is 2.14 bits per heavy atom. The van der Waals surface area contributed by atoms with E-state index in [0.29, 0.717) is 5.56 Å². The van der Waals surface area contributed by atoms with E-state index in [1.165, 1.54) is 18.2 Å². The van der Waals surface area contributed by atoms with Crippen LogP contribution in [0.3, 0.4) is 0 Å². The average Bonchev–Trinajstić information content (AvgIpc) is 2.08. The van der Waals surface area contributed by atoms with Crippen molar-refractivity contribution >= 4 is 11.7 Å². The van der Waals surface area contributed by atoms with Crippen LogP contribution in [-0.2, 0) is 4.74 Å². The standard InChI is InChI=1S/C10H13NO3/c1-6(2)14-10(13)7-3-4-8(11)9(12)5-7/h3-6,12H,11H2,1-2H3. The lowest BCUT2D eigenvalue weighted by Crippen LogP contribution is -2.11. The maximum absolute atomic E-state index is 11.3. The summed E-state index contributed by atoms with van der Waals surface area (Å²) >= 11 is 0. The Bertz CT molecular complexity index is 347. The van der Waals surface area contributed by atoms with Gasteiger partial charge in [-0.2, -0.15) is 0 Å². The number of carbonyl (C=O) groups is 1. The first kappa shape index (κ1) is 10.4. The van der Waals surface area contributed by atoms with E-state index in [4.69, 9.17) is 10.5 Å². The van der Waals surface area contributed by atoms with Gasteiger partial charge in [-0.3, -0.25) is 0 Å². The summed E-state index contributed by atoms with van der Waals surface area (Å²) in [5, 5.41) is 9.25. The van der Waals surface area contributed by atoms with Gasteiger partial charge < -0.3 is 15.6 Å². The zero-order valence-corrected chi connectivity index (χ0v) is 8.15. The van der Waals surface area contributed by atoms with Crippen molar-refractivity contribution in [1.82, 2.24) is 0 Å². The van der Waals surface area contributed by atoms with Crippen LogP contribution in [0.2, 0.25) is 0 Å². The van der Waals surface area contributed by atoms with Crippen molar-refractivity contribution in [2.24, 2.45) is 0 Å². The number of esters is 1. The zero-order valence-electron chi connectivity index (χ0n) is 8.15. The summed E-state index contributed by atoms with van der Waals surface area (Å²) in [6.07, 6.45) is -0.179. The number of hydrogen-bond donors (Lipinski definition) is 2. The molecule has 0 unspecified atom stereocenters. The third-order valence-electron chi connectivity index (χ3n) is 1.61. The van der Waals surface area contributed by atoms with Crippen molar-refractivity contribution in [2.45, 2.75) is 20.0 Å². The highest BCUT2D eigenvalue weighted by Crippen LogP contribution is 2.21. The Balaban J connectivity index is 2.86. The molecule has 0 spiro atoms. The van der Waals surface area contributed by atoms with Crippen LogP contribution in [0, 0.1) is 0 Å². The van der Waals surface area contributed by atoms with Gasteiger partial charge >= 0.3 is 5.97 Å². The van der Waals surface area contributed by atoms with Gasteiger partial charge in [-0.25, -0.2) is 4.79 Å². The predicted molar refractivity (Wildman–Crippen MR) is 53.1 cm³/mol. The highest BCUT2D eigenvalue weighted by Gasteiger charge is 2.10. The molecule has 4 heteroatoms. The van der Waals surface area contributed by atoms with Crippen LogP contribution in [-0.4, -0.2) is 17.2 Å². The fourth-order valence-corrected chi connectivity index (χ4v) is 0.953. The van der Waals surface area contributed by atoms with E-state index >= 15 is 0 Å². The summed E-state index contributed by atoms with van der Waals surface area (Å²) in [6, 6.07) is 4.27. The molecule has 1 rings (SSSR count). The largest absolute Gasteiger partial charge is 0.506 e. The molecule has 0 amide bonds. The Kier molecular flexibility index (Phi) is 2.96. The number of phenolic OH excluding ortho intramolecular Hbond substituents is 1. The molecule has 0 fully saturated rings. The molecule has 0 aliphatic rings. The highest BCUT2D eigenvalue weighted by molar-refractivity contribution is 5.90. The minimum absolute atomic E-state index is 0.108. The number of benzene rings is 1. The van der Waals surface area contributed by atoms with Gasteiger partial charge in [-0.15, -0.1) is 0 Å². The summed E-state index contributed by atoms with van der Waals surface area (Å²) in [5.74, 6) is -0.571. The summed E-state index contributed by atoms with van der Waals surface area (Å²) in [7, 11) is 0. The molecule has 14 heavy (non-hydrogen) atoms. The highest BCUT2D eigenvalue weighted by atomic mass is 16.5. The number of rotatable bonds is 2. The van der Waals surface area contributed by atoms with E-state index in [2.05, 4.69) is 0 Å². The van der Waals surface area contributed by atoms with Crippen molar-refractivity contribution < 1.29 is 14.6 Å². The number of nitrogens with two attached hydrogens (primary N) is 1. The first-order chi connectivity index (χ1) is 6.50. The number of carbonyl (C=O) groups excluding carboxylic acids is 1. The number of nitrogen functional groups attached to an aromatic ring is 1. The molecule has 0 aromatic heterocycles. The molecule has 0 atom stereocenters. The molecule has 0 saturated carbocycles. The monoisotopic (exact) mass is 195 g/mol. The summed E-state index contributed by atoms with van der Waals surface area (Å²) < 4.78 is 4.94. The third-order valence-corrected chi connectivity index (χ3v) is 1.61. The van der Waals surface area contributed by atoms with Gasteiger partial charge in [0.15, 0.2) is 0 Å². The van der Waals surface area contributed by atoms with Crippen LogP contribution < -0.4 is 5.73 Å². The van der Waals surface area contributed by atoms with Crippen LogP contribution in [0.5, 0.6) is 5.75 Å². The third kappa shape index (κ3) is 2.39. The van der Waals surface area contributed by atoms with Gasteiger partial charge in [-0.05, 0) is 32.0 Å². The summed E-state index contributed by atoms with van der Waals surface area (Å²) in [5.41, 5.74) is 5.93. The molecular formula is C10H13NO3. The molecule has 0 aliphatic carbocycles. The Morgan fingerprint density at radius 1 is 1.50 bits per heavy atom. The minimum Gasteiger partial charge on any atom is -0.506 e. The lowest BCUT2D eigenvalue weighted by molar-refractivity contribution is 0.0377. The Labute approximate surface area is 82.3 Å². The van der Waals surface area contributed by atoms with E-state index in [1.54, 1.807) is 13.8 Å². The topological polar surface area (TPSA) is 72.5 Å². The van der Waals surface area contributed by atoms with Gasteiger partial charge in [0.05, 0.1) is 17.4 Å². The van der Waals surface area contributed by atoms with E-state index < -0.39 is 5.97 Å². The fraction of sp³-hybridized carbons (Fsp3) is 0.300. The molecule has 0 bridgehead atoms. The van der Waals surface area contributed by atoms with E-state index in [9.17, 15) is 9.90 Å². The molecule has 0 aliphatic heterocycles. The van der Waals surface area contributed by atoms with Crippen LogP contribution in [0.25, 0.3) is 0 Å². The number of hydrogen-bond acceptors (Lipinski definition) is 4. The van der Waals surface area contributed by atoms with Gasteiger partial charge in [-0.1, -0.05) is 0 Å². The average molecular weight is 195 g/mol. The summed E-state index contributed by atoms with van der Waals surface area (Å²) in [4.78, 5) is 11.3. The smallest absolute Gasteiger partial charge is 0.338 e. The number of anilines is 1. The second kappa shape index (κ2) is 4.00. The van der Waals surface area contributed by atoms with Crippen molar-refractivity contribution in [3.8, 4) is 5.75 Å². The van der Waals surface area contributed by atoms with Crippen LogP contribution in [0.1, 0.15) is 24.2 Å². The quantitative estimate of drug-likeness (QED) is 0.426. The molecular weight excluding hydrogens is 182 g/mol. The number of aromatic hydroxyl groups is 1. The Hall–Kier alpha value is -1.71. The van der Waals surface area contributed by atoms with Gasteiger partial charge in [0.2, 0.25) is 0 Å². The first-order valence-corrected chi connectivity index (χ1v) is 4.30. The van der Waals surface area contributed by atoms with Crippen molar-refractivity contribution in [3.63, 3.8) is 0 Å². The zero-order chi connectivity index (χ0) is 10.7. The van der Waals surface area contributed by atoms with Crippen LogP contribution in [0.4, 0.5) is 5.69 Å². The molecule has 0 heterocycles. The second-order valence-electron chi connectivity index (χ2n) is 3.23. The molecule has 76 valence electrons. The lowest BCUT2D eigenvalue weighted by atomic mass is 10.2. The van der Waals surface area contributed by atoms with E-state index in [0.717, 1.165) is 0 Å². The number of phenols is 1. The predicted octanol–water partition coefficient (Wildman–Crippen LogP) is 1.54. The molecule has 1 aromatic carbocycles. The molecule has 1 aromatic rings. The van der Waals surface area contributed by atoms with Gasteiger partial charge in [0.25, 0.3) is 0 Å². The lowest BCUT2D eigenvalue weighted by Gasteiger charge is -2.08. The maximum Gasteiger partial charge on any atom is 0.338 e. The normalized spacial score (nSPS) is 10.2. The fourth-order valence-electron chi connectivity index (χ4n) is 0.953. The van der Waals surface area contributed by atoms with Crippen molar-refractivity contribution in [1.29, 1.82) is 0 Å². The van der Waals surface area contributed by atoms with E-state index in [1.807, 2.05) is 0 Å². The number of ether oxygens (including phenoxy) is 1.